The Balaban J connectivity index is 1.55. The molecule has 0 aromatic heterocycles. The standard InChI is InChI=1S/C17H14ClNO3/c18-14-5-1-12(2-6-14)4-8-17(20)19-10-13-3-7-15-16(9-13)22-11-21-15/h1-9H,10-11H2,(H,19,20). The predicted molar refractivity (Wildman–Crippen MR) is 84.9 cm³/mol. The van der Waals surface area contributed by atoms with E-state index in [9.17, 15) is 4.79 Å². The maximum absolute atomic E-state index is 11.8. The van der Waals surface area contributed by atoms with Gasteiger partial charge in [0.1, 0.15) is 0 Å². The Morgan fingerprint density at radius 2 is 1.91 bits per heavy atom. The summed E-state index contributed by atoms with van der Waals surface area (Å²) in [5.41, 5.74) is 1.88. The number of rotatable bonds is 4. The maximum atomic E-state index is 11.8. The number of amides is 1. The summed E-state index contributed by atoms with van der Waals surface area (Å²) in [5, 5.41) is 3.49. The van der Waals surface area contributed by atoms with Crippen LogP contribution < -0.4 is 14.8 Å². The van der Waals surface area contributed by atoms with E-state index < -0.39 is 0 Å². The number of fused-ring (bicyclic) bond motifs is 1. The van der Waals surface area contributed by atoms with Gasteiger partial charge in [-0.25, -0.2) is 0 Å². The van der Waals surface area contributed by atoms with E-state index in [0.717, 1.165) is 16.9 Å². The largest absolute Gasteiger partial charge is 0.454 e. The minimum atomic E-state index is -0.160. The molecule has 0 spiro atoms. The number of hydrogen-bond acceptors (Lipinski definition) is 3. The molecule has 0 atom stereocenters. The topological polar surface area (TPSA) is 47.6 Å². The SMILES string of the molecule is O=C(C=Cc1ccc(Cl)cc1)NCc1ccc2c(c1)OCO2. The third kappa shape index (κ3) is 3.59. The van der Waals surface area contributed by atoms with Crippen molar-refractivity contribution in [1.29, 1.82) is 0 Å². The lowest BCUT2D eigenvalue weighted by molar-refractivity contribution is -0.116. The maximum Gasteiger partial charge on any atom is 0.244 e. The second kappa shape index (κ2) is 6.54. The van der Waals surface area contributed by atoms with Crippen molar-refractivity contribution in [2.45, 2.75) is 6.54 Å². The van der Waals surface area contributed by atoms with Gasteiger partial charge in [-0.2, -0.15) is 0 Å². The van der Waals surface area contributed by atoms with E-state index in [0.29, 0.717) is 17.3 Å². The molecule has 22 heavy (non-hydrogen) atoms. The lowest BCUT2D eigenvalue weighted by atomic mass is 10.2. The number of carbonyl (C=O) groups excluding carboxylic acids is 1. The predicted octanol–water partition coefficient (Wildman–Crippen LogP) is 3.40. The average molecular weight is 316 g/mol. The Morgan fingerprint density at radius 3 is 2.73 bits per heavy atom. The van der Waals surface area contributed by atoms with E-state index in [1.807, 2.05) is 30.3 Å². The molecule has 0 bridgehead atoms. The van der Waals surface area contributed by atoms with Gasteiger partial charge in [-0.05, 0) is 41.5 Å². The lowest BCUT2D eigenvalue weighted by Gasteiger charge is -2.04. The summed E-state index contributed by atoms with van der Waals surface area (Å²) in [6.45, 7) is 0.676. The van der Waals surface area contributed by atoms with E-state index in [1.54, 1.807) is 18.2 Å². The molecule has 4 nitrogen and oxygen atoms in total. The number of carbonyl (C=O) groups is 1. The first-order valence-electron chi connectivity index (χ1n) is 6.81. The zero-order valence-electron chi connectivity index (χ0n) is 11.7. The van der Waals surface area contributed by atoms with Crippen LogP contribution in [0, 0.1) is 0 Å². The fraction of sp³-hybridized carbons (Fsp3) is 0.118. The highest BCUT2D eigenvalue weighted by Gasteiger charge is 2.13. The normalized spacial score (nSPS) is 12.6. The molecular formula is C17H14ClNO3. The smallest absolute Gasteiger partial charge is 0.244 e. The third-order valence-corrected chi connectivity index (χ3v) is 3.45. The first kappa shape index (κ1) is 14.5. The van der Waals surface area contributed by atoms with Crippen molar-refractivity contribution in [2.24, 2.45) is 0 Å². The molecule has 1 N–H and O–H groups in total. The molecule has 2 aromatic carbocycles. The molecule has 112 valence electrons. The van der Waals surface area contributed by atoms with Crippen molar-refractivity contribution in [3.63, 3.8) is 0 Å². The summed E-state index contributed by atoms with van der Waals surface area (Å²) in [4.78, 5) is 11.8. The van der Waals surface area contributed by atoms with Gasteiger partial charge in [0.2, 0.25) is 12.7 Å². The van der Waals surface area contributed by atoms with Gasteiger partial charge in [0, 0.05) is 17.6 Å². The van der Waals surface area contributed by atoms with Gasteiger partial charge >= 0.3 is 0 Å². The number of halogens is 1. The monoisotopic (exact) mass is 315 g/mol. The van der Waals surface area contributed by atoms with E-state index in [4.69, 9.17) is 21.1 Å². The van der Waals surface area contributed by atoms with Gasteiger partial charge in [-0.15, -0.1) is 0 Å². The van der Waals surface area contributed by atoms with Crippen LogP contribution in [-0.4, -0.2) is 12.7 Å². The van der Waals surface area contributed by atoms with Crippen LogP contribution in [0.25, 0.3) is 6.08 Å². The zero-order chi connectivity index (χ0) is 15.4. The molecule has 0 unspecified atom stereocenters. The van der Waals surface area contributed by atoms with Crippen molar-refractivity contribution in [2.75, 3.05) is 6.79 Å². The molecule has 0 fully saturated rings. The summed E-state index contributed by atoms with van der Waals surface area (Å²) < 4.78 is 10.5. The van der Waals surface area contributed by atoms with E-state index in [2.05, 4.69) is 5.32 Å². The fourth-order valence-electron chi connectivity index (χ4n) is 2.04. The number of nitrogens with one attached hydrogen (secondary N) is 1. The molecule has 1 aliphatic heterocycles. The Kier molecular flexibility index (Phi) is 4.30. The molecule has 3 rings (SSSR count). The molecule has 0 saturated heterocycles. The summed E-state index contributed by atoms with van der Waals surface area (Å²) in [6, 6.07) is 12.9. The highest BCUT2D eigenvalue weighted by atomic mass is 35.5. The van der Waals surface area contributed by atoms with E-state index >= 15 is 0 Å². The van der Waals surface area contributed by atoms with E-state index in [-0.39, 0.29) is 12.7 Å². The van der Waals surface area contributed by atoms with Crippen LogP contribution in [0.15, 0.2) is 48.5 Å². The van der Waals surface area contributed by atoms with Gasteiger partial charge in [-0.1, -0.05) is 29.8 Å². The van der Waals surface area contributed by atoms with Crippen LogP contribution in [0.4, 0.5) is 0 Å². The van der Waals surface area contributed by atoms with Gasteiger partial charge < -0.3 is 14.8 Å². The highest BCUT2D eigenvalue weighted by Crippen LogP contribution is 2.32. The van der Waals surface area contributed by atoms with Crippen LogP contribution in [0.5, 0.6) is 11.5 Å². The Hall–Kier alpha value is -2.46. The van der Waals surface area contributed by atoms with Crippen LogP contribution in [-0.2, 0) is 11.3 Å². The fourth-order valence-corrected chi connectivity index (χ4v) is 2.17. The van der Waals surface area contributed by atoms with Crippen LogP contribution >= 0.6 is 11.6 Å². The van der Waals surface area contributed by atoms with Gasteiger partial charge in [0.15, 0.2) is 11.5 Å². The molecule has 1 amide bonds. The molecule has 2 aromatic rings. The van der Waals surface area contributed by atoms with Crippen molar-refractivity contribution in [3.8, 4) is 11.5 Å². The third-order valence-electron chi connectivity index (χ3n) is 3.20. The second-order valence-electron chi connectivity index (χ2n) is 4.79. The summed E-state index contributed by atoms with van der Waals surface area (Å²) in [6.07, 6.45) is 3.24. The Bertz CT molecular complexity index is 710. The van der Waals surface area contributed by atoms with Crippen molar-refractivity contribution < 1.29 is 14.3 Å². The molecule has 1 heterocycles. The summed E-state index contributed by atoms with van der Waals surface area (Å²) >= 11 is 5.81. The highest BCUT2D eigenvalue weighted by molar-refractivity contribution is 6.30. The Labute approximate surface area is 133 Å². The first-order chi connectivity index (χ1) is 10.7. The zero-order valence-corrected chi connectivity index (χ0v) is 12.5. The van der Waals surface area contributed by atoms with Crippen LogP contribution in [0.3, 0.4) is 0 Å². The molecule has 1 aliphatic rings. The minimum absolute atomic E-state index is 0.160. The Morgan fingerprint density at radius 1 is 1.14 bits per heavy atom. The minimum Gasteiger partial charge on any atom is -0.454 e. The van der Waals surface area contributed by atoms with Gasteiger partial charge in [-0.3, -0.25) is 4.79 Å². The number of hydrogen-bond donors (Lipinski definition) is 1. The molecule has 5 heteroatoms. The van der Waals surface area contributed by atoms with Crippen LogP contribution in [0.1, 0.15) is 11.1 Å². The second-order valence-corrected chi connectivity index (χ2v) is 5.23. The summed E-state index contributed by atoms with van der Waals surface area (Å²) in [5.74, 6) is 1.29. The molecular weight excluding hydrogens is 302 g/mol. The first-order valence-corrected chi connectivity index (χ1v) is 7.18. The van der Waals surface area contributed by atoms with Crippen molar-refractivity contribution in [3.05, 3.63) is 64.7 Å². The quantitative estimate of drug-likeness (QED) is 0.880. The number of benzene rings is 2. The van der Waals surface area contributed by atoms with Crippen LogP contribution in [0.2, 0.25) is 5.02 Å². The molecule has 0 aliphatic carbocycles. The van der Waals surface area contributed by atoms with Gasteiger partial charge in [0.05, 0.1) is 0 Å². The lowest BCUT2D eigenvalue weighted by Crippen LogP contribution is -2.20. The average Bonchev–Trinajstić information content (AvgIpc) is 3.00. The van der Waals surface area contributed by atoms with Crippen molar-refractivity contribution in [1.82, 2.24) is 5.32 Å². The van der Waals surface area contributed by atoms with Crippen molar-refractivity contribution >= 4 is 23.6 Å². The van der Waals surface area contributed by atoms with Gasteiger partial charge in [0.25, 0.3) is 0 Å². The number of ether oxygens (including phenoxy) is 2. The summed E-state index contributed by atoms with van der Waals surface area (Å²) in [7, 11) is 0. The molecule has 0 saturated carbocycles. The van der Waals surface area contributed by atoms with E-state index in [1.165, 1.54) is 6.08 Å². The molecule has 0 radical (unpaired) electrons.